The molecule has 92 valence electrons. The molecule has 0 saturated heterocycles. The Balaban J connectivity index is -0.000000155. The van der Waals surface area contributed by atoms with Crippen LogP contribution < -0.4 is 0 Å². The standard InChI is InChI=1S/C4H6O3.2C2H6S2/c1-3(5)7-4(2)6;2*3-1-2-4/h1-2H3;2*3-4H,1-2H2. The van der Waals surface area contributed by atoms with Gasteiger partial charge in [-0.2, -0.15) is 50.5 Å². The third-order valence-corrected chi connectivity index (χ3v) is 2.09. The van der Waals surface area contributed by atoms with Crippen LogP contribution in [0.4, 0.5) is 0 Å². The Morgan fingerprint density at radius 1 is 0.800 bits per heavy atom. The highest BCUT2D eigenvalue weighted by Crippen LogP contribution is 1.74. The van der Waals surface area contributed by atoms with E-state index in [0.29, 0.717) is 0 Å². The molecule has 0 heterocycles. The first-order chi connectivity index (χ1) is 6.95. The lowest BCUT2D eigenvalue weighted by molar-refractivity contribution is -0.156. The molecule has 0 unspecified atom stereocenters. The van der Waals surface area contributed by atoms with Crippen molar-refractivity contribution in [3.8, 4) is 0 Å². The molecule has 0 aliphatic rings. The molecule has 0 aliphatic carbocycles. The molecule has 15 heavy (non-hydrogen) atoms. The predicted molar refractivity (Wildman–Crippen MR) is 77.9 cm³/mol. The average Bonchev–Trinajstić information content (AvgIpc) is 2.16. The summed E-state index contributed by atoms with van der Waals surface area (Å²) in [5, 5.41) is 0. The molecule has 0 atom stereocenters. The summed E-state index contributed by atoms with van der Waals surface area (Å²) in [6.07, 6.45) is 0. The molecule has 0 saturated carbocycles. The smallest absolute Gasteiger partial charge is 0.310 e. The zero-order valence-electron chi connectivity index (χ0n) is 8.84. The van der Waals surface area contributed by atoms with Gasteiger partial charge in [-0.25, -0.2) is 0 Å². The molecule has 0 aromatic carbocycles. The van der Waals surface area contributed by atoms with Gasteiger partial charge in [0.15, 0.2) is 0 Å². The fourth-order valence-corrected chi connectivity index (χ4v) is 0.202. The molecule has 0 amide bonds. The summed E-state index contributed by atoms with van der Waals surface area (Å²) in [6.45, 7) is 2.36. The molecular formula is C8H18O3S4. The fraction of sp³-hybridized carbons (Fsp3) is 0.750. The Morgan fingerprint density at radius 3 is 1.00 bits per heavy atom. The van der Waals surface area contributed by atoms with Crippen molar-refractivity contribution in [1.82, 2.24) is 0 Å². The van der Waals surface area contributed by atoms with Gasteiger partial charge in [-0.05, 0) is 23.0 Å². The van der Waals surface area contributed by atoms with Crippen molar-refractivity contribution in [2.24, 2.45) is 0 Å². The van der Waals surface area contributed by atoms with Gasteiger partial charge in [0.1, 0.15) is 0 Å². The van der Waals surface area contributed by atoms with Gasteiger partial charge in [0.05, 0.1) is 0 Å². The van der Waals surface area contributed by atoms with E-state index in [1.807, 2.05) is 0 Å². The van der Waals surface area contributed by atoms with Crippen LogP contribution >= 0.6 is 50.5 Å². The minimum atomic E-state index is -0.562. The van der Waals surface area contributed by atoms with Gasteiger partial charge in [0.2, 0.25) is 0 Å². The normalized spacial score (nSPS) is 7.60. The van der Waals surface area contributed by atoms with E-state index in [2.05, 4.69) is 55.3 Å². The summed E-state index contributed by atoms with van der Waals surface area (Å²) in [5.41, 5.74) is 0. The summed E-state index contributed by atoms with van der Waals surface area (Å²) in [4.78, 5) is 19.6. The number of ether oxygens (including phenoxy) is 1. The van der Waals surface area contributed by atoms with E-state index in [1.54, 1.807) is 0 Å². The van der Waals surface area contributed by atoms with E-state index in [4.69, 9.17) is 0 Å². The lowest BCUT2D eigenvalue weighted by Crippen LogP contribution is -2.03. The molecule has 3 nitrogen and oxygen atoms in total. The number of carbonyl (C=O) groups excluding carboxylic acids is 2. The van der Waals surface area contributed by atoms with Crippen LogP contribution in [0, 0.1) is 0 Å². The first-order valence-electron chi connectivity index (χ1n) is 4.08. The Labute approximate surface area is 113 Å². The molecule has 0 radical (unpaired) electrons. The van der Waals surface area contributed by atoms with Crippen molar-refractivity contribution >= 4 is 62.5 Å². The molecule has 7 heteroatoms. The van der Waals surface area contributed by atoms with E-state index >= 15 is 0 Å². The van der Waals surface area contributed by atoms with E-state index in [-0.39, 0.29) is 0 Å². The zero-order valence-corrected chi connectivity index (χ0v) is 12.4. The largest absolute Gasteiger partial charge is 0.394 e. The number of esters is 2. The third-order valence-electron chi connectivity index (χ3n) is 0.487. The first-order valence-corrected chi connectivity index (χ1v) is 6.61. The molecule has 0 rings (SSSR count). The van der Waals surface area contributed by atoms with Crippen LogP contribution in [0.3, 0.4) is 0 Å². The minimum absolute atomic E-state index is 0.562. The molecule has 0 aromatic heterocycles. The lowest BCUT2D eigenvalue weighted by atomic mass is 10.7. The van der Waals surface area contributed by atoms with E-state index in [1.165, 1.54) is 13.8 Å². The van der Waals surface area contributed by atoms with Gasteiger partial charge in [-0.3, -0.25) is 9.59 Å². The maximum atomic E-state index is 9.81. The van der Waals surface area contributed by atoms with Crippen molar-refractivity contribution in [3.05, 3.63) is 0 Å². The van der Waals surface area contributed by atoms with Gasteiger partial charge in [-0.15, -0.1) is 0 Å². The molecule has 0 fully saturated rings. The first kappa shape index (κ1) is 20.9. The van der Waals surface area contributed by atoms with Crippen molar-refractivity contribution < 1.29 is 14.3 Å². The van der Waals surface area contributed by atoms with Gasteiger partial charge < -0.3 is 4.74 Å². The van der Waals surface area contributed by atoms with Crippen LogP contribution in [0.1, 0.15) is 13.8 Å². The average molecular weight is 290 g/mol. The van der Waals surface area contributed by atoms with Crippen LogP contribution in [0.2, 0.25) is 0 Å². The van der Waals surface area contributed by atoms with E-state index < -0.39 is 11.9 Å². The Hall–Kier alpha value is 0.540. The van der Waals surface area contributed by atoms with Crippen LogP contribution in [0.5, 0.6) is 0 Å². The maximum absolute atomic E-state index is 9.81. The van der Waals surface area contributed by atoms with Crippen LogP contribution in [0.15, 0.2) is 0 Å². The number of carbonyl (C=O) groups is 2. The highest BCUT2D eigenvalue weighted by molar-refractivity contribution is 7.84. The minimum Gasteiger partial charge on any atom is -0.394 e. The lowest BCUT2D eigenvalue weighted by Gasteiger charge is -1.87. The number of rotatable bonds is 2. The van der Waals surface area contributed by atoms with Crippen molar-refractivity contribution in [2.75, 3.05) is 23.0 Å². The summed E-state index contributed by atoms with van der Waals surface area (Å²) in [6, 6.07) is 0. The van der Waals surface area contributed by atoms with Crippen LogP contribution in [-0.2, 0) is 14.3 Å². The highest BCUT2D eigenvalue weighted by atomic mass is 32.1. The zero-order chi connectivity index (χ0) is 12.7. The fourth-order valence-electron chi connectivity index (χ4n) is 0.202. The van der Waals surface area contributed by atoms with Crippen LogP contribution in [-0.4, -0.2) is 35.0 Å². The second-order valence-electron chi connectivity index (χ2n) is 1.98. The second kappa shape index (κ2) is 20.0. The summed E-state index contributed by atoms with van der Waals surface area (Å²) in [5.74, 6) is 2.39. The summed E-state index contributed by atoms with van der Waals surface area (Å²) in [7, 11) is 0. The van der Waals surface area contributed by atoms with Crippen molar-refractivity contribution in [1.29, 1.82) is 0 Å². The van der Waals surface area contributed by atoms with Crippen molar-refractivity contribution in [2.45, 2.75) is 13.8 Å². The van der Waals surface area contributed by atoms with E-state index in [9.17, 15) is 9.59 Å². The van der Waals surface area contributed by atoms with Gasteiger partial charge in [-0.1, -0.05) is 0 Å². The molecular weight excluding hydrogens is 272 g/mol. The second-order valence-corrected chi connectivity index (χ2v) is 3.77. The van der Waals surface area contributed by atoms with Crippen molar-refractivity contribution in [3.63, 3.8) is 0 Å². The molecule has 0 N–H and O–H groups in total. The molecule has 0 spiro atoms. The number of thiol groups is 4. The summed E-state index contributed by atoms with van der Waals surface area (Å²) >= 11 is 15.4. The quantitative estimate of drug-likeness (QED) is 0.356. The topological polar surface area (TPSA) is 43.4 Å². The maximum Gasteiger partial charge on any atom is 0.310 e. The highest BCUT2D eigenvalue weighted by Gasteiger charge is 1.93. The predicted octanol–water partition coefficient (Wildman–Crippen LogP) is 1.79. The van der Waals surface area contributed by atoms with E-state index in [0.717, 1.165) is 23.0 Å². The van der Waals surface area contributed by atoms with Gasteiger partial charge in [0.25, 0.3) is 0 Å². The SMILES string of the molecule is CC(=O)OC(C)=O.SCCS.SCCS. The van der Waals surface area contributed by atoms with Gasteiger partial charge >= 0.3 is 11.9 Å². The molecule has 0 aromatic rings. The number of hydrogen-bond donors (Lipinski definition) is 4. The molecule has 0 bridgehead atoms. The molecule has 0 aliphatic heterocycles. The third kappa shape index (κ3) is 53.5. The Kier molecular flexibility index (Phi) is 27.9. The number of hydrogen-bond acceptors (Lipinski definition) is 7. The van der Waals surface area contributed by atoms with Gasteiger partial charge in [0, 0.05) is 13.8 Å². The Bertz CT molecular complexity index is 133. The summed E-state index contributed by atoms with van der Waals surface area (Å²) < 4.78 is 3.97. The van der Waals surface area contributed by atoms with Crippen LogP contribution in [0.25, 0.3) is 0 Å². The monoisotopic (exact) mass is 290 g/mol. The Morgan fingerprint density at radius 2 is 1.00 bits per heavy atom.